The van der Waals surface area contributed by atoms with Crippen LogP contribution in [0.15, 0.2) is 30.3 Å². The van der Waals surface area contributed by atoms with Gasteiger partial charge in [0, 0.05) is 24.0 Å². The highest BCUT2D eigenvalue weighted by Crippen LogP contribution is 2.17. The van der Waals surface area contributed by atoms with Crippen LogP contribution in [0.5, 0.6) is 0 Å². The smallest absolute Gasteiger partial charge is 0.252 e. The van der Waals surface area contributed by atoms with E-state index in [1.165, 1.54) is 0 Å². The predicted molar refractivity (Wildman–Crippen MR) is 73.7 cm³/mol. The molecule has 1 amide bonds. The van der Waals surface area contributed by atoms with Gasteiger partial charge in [-0.15, -0.1) is 0 Å². The van der Waals surface area contributed by atoms with E-state index in [4.69, 9.17) is 5.26 Å². The van der Waals surface area contributed by atoms with Crippen molar-refractivity contribution in [1.29, 1.82) is 5.26 Å². The molecule has 0 spiro atoms. The molecular weight excluding hydrogens is 238 g/mol. The van der Waals surface area contributed by atoms with Crippen LogP contribution in [-0.2, 0) is 0 Å². The number of hydrogen-bond donors (Lipinski definition) is 1. The molecule has 2 rings (SSSR count). The van der Waals surface area contributed by atoms with Crippen molar-refractivity contribution in [2.45, 2.75) is 19.8 Å². The first-order valence-corrected chi connectivity index (χ1v) is 6.24. The van der Waals surface area contributed by atoms with Gasteiger partial charge in [0.15, 0.2) is 0 Å². The third-order valence-electron chi connectivity index (χ3n) is 2.84. The Morgan fingerprint density at radius 1 is 1.42 bits per heavy atom. The molecule has 96 valence electrons. The highest BCUT2D eigenvalue weighted by Gasteiger charge is 2.10. The number of unbranched alkanes of at least 4 members (excludes halogenated alkanes) is 1. The molecule has 1 aromatic carbocycles. The lowest BCUT2D eigenvalue weighted by Gasteiger charge is -2.08. The van der Waals surface area contributed by atoms with E-state index in [2.05, 4.69) is 16.4 Å². The summed E-state index contributed by atoms with van der Waals surface area (Å²) in [4.78, 5) is 16.6. The number of pyridine rings is 1. The molecule has 19 heavy (non-hydrogen) atoms. The number of para-hydroxylation sites is 1. The van der Waals surface area contributed by atoms with Crippen LogP contribution in [-0.4, -0.2) is 17.4 Å². The van der Waals surface area contributed by atoms with E-state index >= 15 is 0 Å². The van der Waals surface area contributed by atoms with Gasteiger partial charge in [-0.1, -0.05) is 18.2 Å². The van der Waals surface area contributed by atoms with Gasteiger partial charge in [-0.3, -0.25) is 9.78 Å². The van der Waals surface area contributed by atoms with E-state index in [0.717, 1.165) is 16.6 Å². The molecule has 4 heteroatoms. The summed E-state index contributed by atoms with van der Waals surface area (Å²) >= 11 is 0. The normalized spacial score (nSPS) is 10.1. The van der Waals surface area contributed by atoms with Crippen LogP contribution in [0.4, 0.5) is 0 Å². The van der Waals surface area contributed by atoms with Gasteiger partial charge in [-0.05, 0) is 25.5 Å². The molecule has 1 N–H and O–H groups in total. The quantitative estimate of drug-likeness (QED) is 0.852. The minimum atomic E-state index is -0.111. The number of nitriles is 1. The van der Waals surface area contributed by atoms with Crippen molar-refractivity contribution in [3.05, 3.63) is 41.6 Å². The van der Waals surface area contributed by atoms with E-state index in [9.17, 15) is 4.79 Å². The van der Waals surface area contributed by atoms with Gasteiger partial charge < -0.3 is 5.32 Å². The van der Waals surface area contributed by atoms with Crippen molar-refractivity contribution in [3.8, 4) is 6.07 Å². The maximum absolute atomic E-state index is 12.2. The zero-order chi connectivity index (χ0) is 13.7. The second kappa shape index (κ2) is 5.96. The Kier molecular flexibility index (Phi) is 4.09. The Labute approximate surface area is 112 Å². The van der Waals surface area contributed by atoms with E-state index in [1.54, 1.807) is 6.07 Å². The first kappa shape index (κ1) is 13.0. The largest absolute Gasteiger partial charge is 0.352 e. The second-order valence-corrected chi connectivity index (χ2v) is 4.35. The second-order valence-electron chi connectivity index (χ2n) is 4.35. The lowest BCUT2D eigenvalue weighted by molar-refractivity contribution is 0.0955. The lowest BCUT2D eigenvalue weighted by Crippen LogP contribution is -2.24. The molecule has 1 heterocycles. The average Bonchev–Trinajstić information content (AvgIpc) is 2.42. The Morgan fingerprint density at radius 2 is 2.21 bits per heavy atom. The molecule has 0 unspecified atom stereocenters. The number of carbonyl (C=O) groups excluding carboxylic acids is 1. The molecule has 0 saturated heterocycles. The molecule has 0 bridgehead atoms. The summed E-state index contributed by atoms with van der Waals surface area (Å²) in [5.41, 5.74) is 2.28. The Balaban J connectivity index is 2.24. The van der Waals surface area contributed by atoms with Crippen LogP contribution in [0, 0.1) is 18.3 Å². The van der Waals surface area contributed by atoms with Crippen molar-refractivity contribution in [1.82, 2.24) is 10.3 Å². The van der Waals surface area contributed by atoms with E-state index < -0.39 is 0 Å². The molecule has 2 aromatic rings. The molecule has 0 aliphatic heterocycles. The van der Waals surface area contributed by atoms with Gasteiger partial charge in [0.2, 0.25) is 0 Å². The Bertz CT molecular complexity index is 643. The standard InChI is InChI=1S/C15H15N3O/c1-11-10-13(15(19)17-9-5-4-8-16)12-6-2-3-7-14(12)18-11/h2-3,6-7,10H,4-5,9H2,1H3,(H,17,19). The summed E-state index contributed by atoms with van der Waals surface area (Å²) in [6, 6.07) is 11.4. The number of carbonyl (C=O) groups is 1. The van der Waals surface area contributed by atoms with Gasteiger partial charge in [0.05, 0.1) is 17.1 Å². The number of nitrogens with one attached hydrogen (secondary N) is 1. The highest BCUT2D eigenvalue weighted by atomic mass is 16.1. The Morgan fingerprint density at radius 3 is 3.00 bits per heavy atom. The van der Waals surface area contributed by atoms with Crippen LogP contribution >= 0.6 is 0 Å². The monoisotopic (exact) mass is 253 g/mol. The van der Waals surface area contributed by atoms with Crippen LogP contribution in [0.1, 0.15) is 28.9 Å². The van der Waals surface area contributed by atoms with Crippen molar-refractivity contribution in [2.24, 2.45) is 0 Å². The first-order valence-electron chi connectivity index (χ1n) is 6.24. The summed E-state index contributed by atoms with van der Waals surface area (Å²) in [6.45, 7) is 2.39. The zero-order valence-electron chi connectivity index (χ0n) is 10.8. The number of fused-ring (bicyclic) bond motifs is 1. The first-order chi connectivity index (χ1) is 9.22. The van der Waals surface area contributed by atoms with E-state index in [0.29, 0.717) is 24.9 Å². The number of rotatable bonds is 4. The summed E-state index contributed by atoms with van der Waals surface area (Å²) < 4.78 is 0. The van der Waals surface area contributed by atoms with Crippen molar-refractivity contribution in [3.63, 3.8) is 0 Å². The van der Waals surface area contributed by atoms with Crippen molar-refractivity contribution >= 4 is 16.8 Å². The molecule has 0 aliphatic carbocycles. The molecule has 0 saturated carbocycles. The maximum Gasteiger partial charge on any atom is 0.252 e. The summed E-state index contributed by atoms with van der Waals surface area (Å²) in [6.07, 6.45) is 1.13. The molecule has 1 aromatic heterocycles. The predicted octanol–water partition coefficient (Wildman–Crippen LogP) is 2.58. The summed E-state index contributed by atoms with van der Waals surface area (Å²) in [5.74, 6) is -0.111. The zero-order valence-corrected chi connectivity index (χ0v) is 10.8. The lowest BCUT2D eigenvalue weighted by atomic mass is 10.1. The van der Waals surface area contributed by atoms with E-state index in [1.807, 2.05) is 31.2 Å². The number of aryl methyl sites for hydroxylation is 1. The fourth-order valence-electron chi connectivity index (χ4n) is 1.96. The van der Waals surface area contributed by atoms with Crippen molar-refractivity contribution in [2.75, 3.05) is 6.54 Å². The minimum Gasteiger partial charge on any atom is -0.352 e. The summed E-state index contributed by atoms with van der Waals surface area (Å²) in [7, 11) is 0. The minimum absolute atomic E-state index is 0.111. The summed E-state index contributed by atoms with van der Waals surface area (Å²) in [5, 5.41) is 12.1. The SMILES string of the molecule is Cc1cc(C(=O)NCCCC#N)c2ccccc2n1. The topological polar surface area (TPSA) is 65.8 Å². The third kappa shape index (κ3) is 3.08. The number of nitrogens with zero attached hydrogens (tertiary/aromatic N) is 2. The van der Waals surface area contributed by atoms with Crippen LogP contribution in [0.25, 0.3) is 10.9 Å². The van der Waals surface area contributed by atoms with Gasteiger partial charge in [-0.25, -0.2) is 0 Å². The van der Waals surface area contributed by atoms with Gasteiger partial charge in [0.1, 0.15) is 0 Å². The van der Waals surface area contributed by atoms with Gasteiger partial charge >= 0.3 is 0 Å². The number of benzene rings is 1. The molecule has 0 aliphatic rings. The van der Waals surface area contributed by atoms with Crippen LogP contribution in [0.2, 0.25) is 0 Å². The fraction of sp³-hybridized carbons (Fsp3) is 0.267. The van der Waals surface area contributed by atoms with Crippen LogP contribution in [0.3, 0.4) is 0 Å². The van der Waals surface area contributed by atoms with Crippen LogP contribution < -0.4 is 5.32 Å². The molecule has 0 fully saturated rings. The molecule has 0 radical (unpaired) electrons. The third-order valence-corrected chi connectivity index (χ3v) is 2.84. The average molecular weight is 253 g/mol. The maximum atomic E-state index is 12.2. The highest BCUT2D eigenvalue weighted by molar-refractivity contribution is 6.06. The molecule has 4 nitrogen and oxygen atoms in total. The number of amides is 1. The van der Waals surface area contributed by atoms with Crippen molar-refractivity contribution < 1.29 is 4.79 Å². The van der Waals surface area contributed by atoms with E-state index in [-0.39, 0.29) is 5.91 Å². The van der Waals surface area contributed by atoms with Gasteiger partial charge in [-0.2, -0.15) is 5.26 Å². The fourth-order valence-corrected chi connectivity index (χ4v) is 1.96. The number of aromatic nitrogens is 1. The van der Waals surface area contributed by atoms with Gasteiger partial charge in [0.25, 0.3) is 5.91 Å². The molecular formula is C15H15N3O. The number of hydrogen-bond acceptors (Lipinski definition) is 3. The molecule has 0 atom stereocenters. The Hall–Kier alpha value is -2.41.